The van der Waals surface area contributed by atoms with Gasteiger partial charge in [0.05, 0.1) is 0 Å². The summed E-state index contributed by atoms with van der Waals surface area (Å²) in [7, 11) is 0. The lowest BCUT2D eigenvalue weighted by Gasteiger charge is -2.22. The third kappa shape index (κ3) is 2.68. The number of nitrogens with one attached hydrogen (secondary N) is 2. The molecule has 1 spiro atoms. The average molecular weight is 363 g/mol. The summed E-state index contributed by atoms with van der Waals surface area (Å²) in [5, 5.41) is 5.67. The maximum absolute atomic E-state index is 13.1. The number of imide groups is 1. The van der Waals surface area contributed by atoms with Crippen molar-refractivity contribution in [2.45, 2.75) is 32.2 Å². The number of nitrogens with zero attached hydrogens (tertiary/aromatic N) is 1. The van der Waals surface area contributed by atoms with Crippen LogP contribution < -0.4 is 10.6 Å². The van der Waals surface area contributed by atoms with Gasteiger partial charge in [-0.15, -0.1) is 0 Å². The zero-order valence-electron chi connectivity index (χ0n) is 15.3. The van der Waals surface area contributed by atoms with Crippen LogP contribution in [0.4, 0.5) is 10.5 Å². The molecule has 0 unspecified atom stereocenters. The van der Waals surface area contributed by atoms with Gasteiger partial charge in [0.2, 0.25) is 5.91 Å². The van der Waals surface area contributed by atoms with E-state index in [1.807, 2.05) is 56.3 Å². The first-order chi connectivity index (χ1) is 12.9. The molecule has 4 rings (SSSR count). The van der Waals surface area contributed by atoms with E-state index in [0.717, 1.165) is 39.3 Å². The highest BCUT2D eigenvalue weighted by molar-refractivity contribution is 6.11. The molecule has 2 aliphatic rings. The molecule has 6 heteroatoms. The fraction of sp³-hybridized carbons (Fsp3) is 0.286. The largest absolute Gasteiger partial charge is 0.325 e. The monoisotopic (exact) mass is 363 g/mol. The summed E-state index contributed by atoms with van der Waals surface area (Å²) in [5.74, 6) is -0.742. The van der Waals surface area contributed by atoms with Gasteiger partial charge in [0, 0.05) is 5.69 Å². The second-order valence-corrected chi connectivity index (χ2v) is 7.20. The van der Waals surface area contributed by atoms with Gasteiger partial charge in [-0.05, 0) is 48.9 Å². The van der Waals surface area contributed by atoms with E-state index in [0.29, 0.717) is 6.42 Å². The third-order valence-electron chi connectivity index (χ3n) is 5.47. The van der Waals surface area contributed by atoms with Gasteiger partial charge in [-0.3, -0.25) is 14.5 Å². The van der Waals surface area contributed by atoms with E-state index in [1.165, 1.54) is 0 Å². The Hall–Kier alpha value is -3.15. The minimum Gasteiger partial charge on any atom is -0.324 e. The summed E-state index contributed by atoms with van der Waals surface area (Å²) in [6, 6.07) is 12.8. The molecule has 2 N–H and O–H groups in total. The molecule has 2 aromatic carbocycles. The van der Waals surface area contributed by atoms with Crippen LogP contribution in [0.1, 0.15) is 28.7 Å². The molecule has 27 heavy (non-hydrogen) atoms. The molecule has 0 saturated carbocycles. The molecular formula is C21H21N3O3. The van der Waals surface area contributed by atoms with Crippen molar-refractivity contribution in [3.05, 3.63) is 64.7 Å². The molecular weight excluding hydrogens is 342 g/mol. The Bertz CT molecular complexity index is 949. The smallest absolute Gasteiger partial charge is 0.324 e. The second-order valence-electron chi connectivity index (χ2n) is 7.20. The van der Waals surface area contributed by atoms with Gasteiger partial charge in [-0.25, -0.2) is 4.79 Å². The van der Waals surface area contributed by atoms with Gasteiger partial charge >= 0.3 is 6.03 Å². The van der Waals surface area contributed by atoms with Crippen molar-refractivity contribution in [1.29, 1.82) is 0 Å². The number of amides is 4. The Labute approximate surface area is 157 Å². The fourth-order valence-corrected chi connectivity index (χ4v) is 4.07. The van der Waals surface area contributed by atoms with Crippen LogP contribution in [0.2, 0.25) is 0 Å². The molecule has 0 bridgehead atoms. The van der Waals surface area contributed by atoms with Crippen LogP contribution in [0.5, 0.6) is 0 Å². The summed E-state index contributed by atoms with van der Waals surface area (Å²) < 4.78 is 0. The second kappa shape index (κ2) is 6.23. The molecule has 2 aromatic rings. The predicted octanol–water partition coefficient (Wildman–Crippen LogP) is 2.64. The van der Waals surface area contributed by atoms with Crippen molar-refractivity contribution in [1.82, 2.24) is 10.2 Å². The molecule has 1 heterocycles. The number of benzene rings is 2. The predicted molar refractivity (Wildman–Crippen MR) is 101 cm³/mol. The Morgan fingerprint density at radius 3 is 2.56 bits per heavy atom. The molecule has 6 nitrogen and oxygen atoms in total. The molecule has 138 valence electrons. The van der Waals surface area contributed by atoms with E-state index >= 15 is 0 Å². The zero-order chi connectivity index (χ0) is 19.2. The van der Waals surface area contributed by atoms with Crippen LogP contribution in [0.25, 0.3) is 0 Å². The lowest BCUT2D eigenvalue weighted by Crippen LogP contribution is -2.43. The maximum Gasteiger partial charge on any atom is 0.325 e. The zero-order valence-corrected chi connectivity index (χ0v) is 15.3. The number of aryl methyl sites for hydroxylation is 3. The van der Waals surface area contributed by atoms with Crippen LogP contribution in [-0.2, 0) is 21.5 Å². The number of carbonyl (C=O) groups excluding carboxylic acids is 3. The van der Waals surface area contributed by atoms with Gasteiger partial charge in [0.25, 0.3) is 5.91 Å². The molecule has 1 saturated heterocycles. The highest BCUT2D eigenvalue weighted by Crippen LogP contribution is 2.41. The van der Waals surface area contributed by atoms with Crippen LogP contribution in [0.15, 0.2) is 42.5 Å². The van der Waals surface area contributed by atoms with Gasteiger partial charge in [-0.1, -0.05) is 42.5 Å². The number of hydrogen-bond acceptors (Lipinski definition) is 3. The number of fused-ring (bicyclic) bond motifs is 2. The Balaban J connectivity index is 1.55. The number of para-hydroxylation sites is 1. The van der Waals surface area contributed by atoms with Gasteiger partial charge in [0.1, 0.15) is 12.1 Å². The minimum atomic E-state index is -1.04. The van der Waals surface area contributed by atoms with Crippen LogP contribution in [-0.4, -0.2) is 29.3 Å². The standard InChI is InChI=1S/C21H21N3O3/c1-13-6-5-7-14(2)18(13)22-17(25)12-24-19(26)21(23-20(24)27)11-10-15-8-3-4-9-16(15)21/h3-9H,10-12H2,1-2H3,(H,22,25)(H,23,27)/t21-/m0/s1. The molecule has 1 aliphatic heterocycles. The first-order valence-corrected chi connectivity index (χ1v) is 9.01. The van der Waals surface area contributed by atoms with E-state index in [4.69, 9.17) is 0 Å². The molecule has 1 atom stereocenters. The topological polar surface area (TPSA) is 78.5 Å². The SMILES string of the molecule is Cc1cccc(C)c1NC(=O)CN1C(=O)N[C@]2(CCc3ccccc32)C1=O. The van der Waals surface area contributed by atoms with Crippen molar-refractivity contribution >= 4 is 23.5 Å². The molecule has 4 amide bonds. The number of anilines is 1. The van der Waals surface area contributed by atoms with E-state index in [1.54, 1.807) is 0 Å². The number of carbonyl (C=O) groups is 3. The normalized spacial score (nSPS) is 20.7. The van der Waals surface area contributed by atoms with E-state index < -0.39 is 11.6 Å². The average Bonchev–Trinajstić information content (AvgIpc) is 3.12. The van der Waals surface area contributed by atoms with E-state index in [9.17, 15) is 14.4 Å². The van der Waals surface area contributed by atoms with Crippen LogP contribution >= 0.6 is 0 Å². The van der Waals surface area contributed by atoms with E-state index in [-0.39, 0.29) is 18.4 Å². The summed E-state index contributed by atoms with van der Waals surface area (Å²) in [6.07, 6.45) is 1.25. The van der Waals surface area contributed by atoms with Crippen molar-refractivity contribution in [3.63, 3.8) is 0 Å². The first kappa shape index (κ1) is 17.3. The van der Waals surface area contributed by atoms with Gasteiger partial charge in [0.15, 0.2) is 0 Å². The van der Waals surface area contributed by atoms with Crippen molar-refractivity contribution in [2.24, 2.45) is 0 Å². The Morgan fingerprint density at radius 1 is 1.11 bits per heavy atom. The quantitative estimate of drug-likeness (QED) is 0.823. The first-order valence-electron chi connectivity index (χ1n) is 9.01. The molecule has 1 fully saturated rings. The number of rotatable bonds is 3. The molecule has 0 aromatic heterocycles. The highest BCUT2D eigenvalue weighted by Gasteiger charge is 2.55. The number of urea groups is 1. The maximum atomic E-state index is 13.1. The molecule has 1 aliphatic carbocycles. The summed E-state index contributed by atoms with van der Waals surface area (Å²) in [5.41, 5.74) is 3.44. The number of hydrogen-bond donors (Lipinski definition) is 2. The highest BCUT2D eigenvalue weighted by atomic mass is 16.2. The lowest BCUT2D eigenvalue weighted by atomic mass is 9.92. The van der Waals surface area contributed by atoms with Crippen molar-refractivity contribution < 1.29 is 14.4 Å². The lowest BCUT2D eigenvalue weighted by molar-refractivity contribution is -0.134. The van der Waals surface area contributed by atoms with Crippen LogP contribution in [0.3, 0.4) is 0 Å². The van der Waals surface area contributed by atoms with Crippen molar-refractivity contribution in [2.75, 3.05) is 11.9 Å². The Morgan fingerprint density at radius 2 is 1.81 bits per heavy atom. The summed E-state index contributed by atoms with van der Waals surface area (Å²) in [6.45, 7) is 3.50. The van der Waals surface area contributed by atoms with Gasteiger partial charge in [-0.2, -0.15) is 0 Å². The van der Waals surface area contributed by atoms with Gasteiger partial charge < -0.3 is 10.6 Å². The third-order valence-corrected chi connectivity index (χ3v) is 5.47. The summed E-state index contributed by atoms with van der Waals surface area (Å²) >= 11 is 0. The molecule has 0 radical (unpaired) electrons. The van der Waals surface area contributed by atoms with E-state index in [2.05, 4.69) is 10.6 Å². The summed E-state index contributed by atoms with van der Waals surface area (Å²) in [4.78, 5) is 39.1. The Kier molecular flexibility index (Phi) is 3.98. The van der Waals surface area contributed by atoms with Crippen molar-refractivity contribution in [3.8, 4) is 0 Å². The fourth-order valence-electron chi connectivity index (χ4n) is 4.07. The van der Waals surface area contributed by atoms with Crippen LogP contribution in [0, 0.1) is 13.8 Å². The minimum absolute atomic E-state index is 0.303.